The summed E-state index contributed by atoms with van der Waals surface area (Å²) in [5.74, 6) is -17.7. The summed E-state index contributed by atoms with van der Waals surface area (Å²) in [6, 6.07) is 2.56. The molecule has 0 aliphatic rings. The van der Waals surface area contributed by atoms with Crippen LogP contribution in [0.3, 0.4) is 0 Å². The Bertz CT molecular complexity index is 783. The summed E-state index contributed by atoms with van der Waals surface area (Å²) >= 11 is 0. The second-order valence-corrected chi connectivity index (χ2v) is 5.83. The first-order valence-electron chi connectivity index (χ1n) is 7.26. The van der Waals surface area contributed by atoms with Gasteiger partial charge in [0, 0.05) is 0 Å². The quantitative estimate of drug-likeness (QED) is 0.337. The van der Waals surface area contributed by atoms with Gasteiger partial charge in [0.2, 0.25) is 0 Å². The van der Waals surface area contributed by atoms with E-state index in [4.69, 9.17) is 0 Å². The van der Waals surface area contributed by atoms with Crippen LogP contribution in [0.15, 0.2) is 12.1 Å². The lowest BCUT2D eigenvalue weighted by molar-refractivity contribution is -0.474. The number of ether oxygens (including phenoxy) is 2. The van der Waals surface area contributed by atoms with Crippen LogP contribution in [0.25, 0.3) is 0 Å². The van der Waals surface area contributed by atoms with Crippen LogP contribution in [0.1, 0.15) is 16.7 Å². The number of carbonyl (C=O) groups is 1. The van der Waals surface area contributed by atoms with Crippen molar-refractivity contribution in [1.82, 2.24) is 0 Å². The van der Waals surface area contributed by atoms with Crippen molar-refractivity contribution in [2.45, 2.75) is 51.0 Å². The van der Waals surface area contributed by atoms with E-state index in [0.29, 0.717) is 0 Å². The van der Waals surface area contributed by atoms with Crippen molar-refractivity contribution >= 4 is 5.97 Å². The van der Waals surface area contributed by atoms with Gasteiger partial charge in [-0.15, -0.1) is 0 Å². The van der Waals surface area contributed by atoms with E-state index in [2.05, 4.69) is 9.47 Å². The van der Waals surface area contributed by atoms with Gasteiger partial charge in [0.1, 0.15) is 5.75 Å². The van der Waals surface area contributed by atoms with Gasteiger partial charge in [0.05, 0.1) is 0 Å². The van der Waals surface area contributed by atoms with Gasteiger partial charge in [-0.05, 0) is 37.5 Å². The molecule has 0 fully saturated rings. The molecule has 0 spiro atoms. The Hall–Kier alpha value is -2.12. The molecule has 29 heavy (non-hydrogen) atoms. The molecule has 0 saturated heterocycles. The fourth-order valence-electron chi connectivity index (χ4n) is 1.86. The van der Waals surface area contributed by atoms with Crippen LogP contribution in [0.4, 0.5) is 48.3 Å². The number of alkyl halides is 11. The Balaban J connectivity index is 3.44. The lowest BCUT2D eigenvalue weighted by Gasteiger charge is -2.33. The van der Waals surface area contributed by atoms with Crippen molar-refractivity contribution in [3.63, 3.8) is 0 Å². The van der Waals surface area contributed by atoms with Gasteiger partial charge in [-0.1, -0.05) is 12.1 Å². The first-order chi connectivity index (χ1) is 12.7. The minimum atomic E-state index is -7.27. The van der Waals surface area contributed by atoms with Crippen LogP contribution < -0.4 is 4.74 Å². The molecule has 1 rings (SSSR count). The largest absolute Gasteiger partial charge is 0.462 e. The summed E-state index contributed by atoms with van der Waals surface area (Å²) in [4.78, 5) is 11.6. The Morgan fingerprint density at radius 1 is 0.759 bits per heavy atom. The van der Waals surface area contributed by atoms with E-state index in [0.717, 1.165) is 6.92 Å². The average molecular weight is 448 g/mol. The lowest BCUT2D eigenvalue weighted by Crippen LogP contribution is -2.62. The molecular formula is C15H11F11O3. The Labute approximate surface area is 155 Å². The molecule has 0 heterocycles. The zero-order valence-corrected chi connectivity index (χ0v) is 14.5. The molecule has 0 bridgehead atoms. The maximum absolute atomic E-state index is 14.2. The van der Waals surface area contributed by atoms with Crippen LogP contribution in [0.5, 0.6) is 5.75 Å². The van der Waals surface area contributed by atoms with E-state index in [-0.39, 0.29) is 16.7 Å². The predicted octanol–water partition coefficient (Wildman–Crippen LogP) is 5.55. The Kier molecular flexibility index (Phi) is 6.26. The third-order valence-corrected chi connectivity index (χ3v) is 3.69. The van der Waals surface area contributed by atoms with Crippen LogP contribution in [-0.4, -0.2) is 36.2 Å². The van der Waals surface area contributed by atoms with Gasteiger partial charge in [-0.25, -0.2) is 4.79 Å². The summed E-state index contributed by atoms with van der Waals surface area (Å²) in [6.07, 6.45) is -21.1. The van der Waals surface area contributed by atoms with Crippen molar-refractivity contribution in [3.8, 4) is 5.75 Å². The zero-order valence-electron chi connectivity index (χ0n) is 14.5. The van der Waals surface area contributed by atoms with Gasteiger partial charge < -0.3 is 4.74 Å². The standard InChI is InChI=1S/C15H11F11O3/c1-6-4-5-7(2)9(8(6)3)28-10(27)11(16,13(19,20)21)29-15(25,26)12(17,18)14(22,23)24/h4-5H,1-3H3/t11-/m1/s1. The van der Waals surface area contributed by atoms with Gasteiger partial charge in [0.15, 0.2) is 0 Å². The highest BCUT2D eigenvalue weighted by molar-refractivity contribution is 5.81. The second kappa shape index (κ2) is 7.29. The highest BCUT2D eigenvalue weighted by Crippen LogP contribution is 2.51. The third kappa shape index (κ3) is 4.41. The van der Waals surface area contributed by atoms with Crippen molar-refractivity contribution in [3.05, 3.63) is 28.8 Å². The molecule has 0 aliphatic carbocycles. The first-order valence-corrected chi connectivity index (χ1v) is 7.26. The number of benzene rings is 1. The minimum absolute atomic E-state index is 0.0599. The molecular weight excluding hydrogens is 437 g/mol. The molecule has 14 heteroatoms. The third-order valence-electron chi connectivity index (χ3n) is 3.69. The van der Waals surface area contributed by atoms with E-state index in [1.807, 2.05) is 0 Å². The SMILES string of the molecule is Cc1ccc(C)c(OC(=O)[C@@](F)(OC(F)(F)C(F)(F)C(F)(F)F)C(F)(F)F)c1C. The maximum Gasteiger partial charge on any atom is 0.462 e. The maximum atomic E-state index is 14.2. The molecule has 1 atom stereocenters. The van der Waals surface area contributed by atoms with Crippen LogP contribution in [-0.2, 0) is 9.53 Å². The highest BCUT2D eigenvalue weighted by Gasteiger charge is 2.80. The predicted molar refractivity (Wildman–Crippen MR) is 73.2 cm³/mol. The van der Waals surface area contributed by atoms with Crippen LogP contribution in [0, 0.1) is 20.8 Å². The van der Waals surface area contributed by atoms with Crippen molar-refractivity contribution in [2.24, 2.45) is 0 Å². The van der Waals surface area contributed by atoms with Crippen LogP contribution in [0.2, 0.25) is 0 Å². The smallest absolute Gasteiger partial charge is 0.421 e. The molecule has 166 valence electrons. The number of esters is 1. The van der Waals surface area contributed by atoms with Gasteiger partial charge in [0.25, 0.3) is 0 Å². The monoisotopic (exact) mass is 448 g/mol. The number of carbonyl (C=O) groups excluding carboxylic acids is 1. The molecule has 1 aromatic rings. The molecule has 0 aromatic heterocycles. The Morgan fingerprint density at radius 3 is 1.62 bits per heavy atom. The number of hydrogen-bond acceptors (Lipinski definition) is 3. The zero-order chi connectivity index (χ0) is 23.2. The molecule has 0 saturated carbocycles. The fourth-order valence-corrected chi connectivity index (χ4v) is 1.86. The van der Waals surface area contributed by atoms with Gasteiger partial charge in [-0.2, -0.15) is 48.3 Å². The fraction of sp³-hybridized carbons (Fsp3) is 0.533. The molecule has 0 aliphatic heterocycles. The van der Waals surface area contributed by atoms with E-state index in [9.17, 15) is 53.1 Å². The number of hydrogen-bond donors (Lipinski definition) is 0. The van der Waals surface area contributed by atoms with E-state index in [1.165, 1.54) is 26.0 Å². The number of rotatable bonds is 5. The average Bonchev–Trinajstić information content (AvgIpc) is 2.52. The molecule has 0 radical (unpaired) electrons. The number of halogens is 11. The van der Waals surface area contributed by atoms with Crippen LogP contribution >= 0.6 is 0 Å². The lowest BCUT2D eigenvalue weighted by atomic mass is 10.1. The van der Waals surface area contributed by atoms with Crippen molar-refractivity contribution in [2.75, 3.05) is 0 Å². The Morgan fingerprint density at radius 2 is 1.21 bits per heavy atom. The highest BCUT2D eigenvalue weighted by atomic mass is 19.4. The molecule has 1 aromatic carbocycles. The van der Waals surface area contributed by atoms with E-state index < -0.39 is 42.0 Å². The van der Waals surface area contributed by atoms with Crippen molar-refractivity contribution in [1.29, 1.82) is 0 Å². The topological polar surface area (TPSA) is 35.5 Å². The van der Waals surface area contributed by atoms with Crippen molar-refractivity contribution < 1.29 is 62.6 Å². The number of aryl methyl sites for hydroxylation is 2. The summed E-state index contributed by atoms with van der Waals surface area (Å²) in [7, 11) is 0. The molecule has 0 amide bonds. The summed E-state index contributed by atoms with van der Waals surface area (Å²) in [6.45, 7) is 3.69. The van der Waals surface area contributed by atoms with E-state index in [1.54, 1.807) is 0 Å². The second-order valence-electron chi connectivity index (χ2n) is 5.83. The summed E-state index contributed by atoms with van der Waals surface area (Å²) < 4.78 is 147. The summed E-state index contributed by atoms with van der Waals surface area (Å²) in [5, 5.41) is 0. The molecule has 0 unspecified atom stereocenters. The normalized spacial score (nSPS) is 15.8. The summed E-state index contributed by atoms with van der Waals surface area (Å²) in [5.41, 5.74) is 0.123. The van der Waals surface area contributed by atoms with Gasteiger partial charge in [-0.3, -0.25) is 4.74 Å². The molecule has 3 nitrogen and oxygen atoms in total. The minimum Gasteiger partial charge on any atom is -0.421 e. The van der Waals surface area contributed by atoms with Gasteiger partial charge >= 0.3 is 36.2 Å². The molecule has 0 N–H and O–H groups in total. The van der Waals surface area contributed by atoms with E-state index >= 15 is 0 Å². The first kappa shape index (κ1) is 24.9.